The van der Waals surface area contributed by atoms with Crippen molar-refractivity contribution in [1.29, 1.82) is 0 Å². The molecule has 0 bridgehead atoms. The first-order valence-electron chi connectivity index (χ1n) is 10.6. The number of piperazine rings is 1. The maximum Gasteiger partial charge on any atom is 0.259 e. The molecule has 0 unspecified atom stereocenters. The number of ether oxygens (including phenoxy) is 1. The molecular formula is C24H22N4O5. The van der Waals surface area contributed by atoms with Gasteiger partial charge in [0.15, 0.2) is 5.76 Å². The number of rotatable bonds is 4. The van der Waals surface area contributed by atoms with Crippen LogP contribution in [0.1, 0.15) is 26.4 Å². The van der Waals surface area contributed by atoms with E-state index in [0.29, 0.717) is 65.6 Å². The highest BCUT2D eigenvalue weighted by atomic mass is 16.5. The Morgan fingerprint density at radius 3 is 2.45 bits per heavy atom. The van der Waals surface area contributed by atoms with E-state index in [-0.39, 0.29) is 17.5 Å². The van der Waals surface area contributed by atoms with Crippen molar-refractivity contribution in [3.8, 4) is 17.2 Å². The summed E-state index contributed by atoms with van der Waals surface area (Å²) < 4.78 is 16.0. The van der Waals surface area contributed by atoms with Crippen LogP contribution >= 0.6 is 0 Å². The van der Waals surface area contributed by atoms with E-state index < -0.39 is 0 Å². The second-order valence-corrected chi connectivity index (χ2v) is 7.80. The predicted molar refractivity (Wildman–Crippen MR) is 119 cm³/mol. The highest BCUT2D eigenvalue weighted by Gasteiger charge is 2.28. The molecular weight excluding hydrogens is 424 g/mol. The minimum Gasteiger partial charge on any atom is -0.497 e. The smallest absolute Gasteiger partial charge is 0.259 e. The summed E-state index contributed by atoms with van der Waals surface area (Å²) in [6, 6.07) is 12.3. The van der Waals surface area contributed by atoms with Crippen LogP contribution in [0, 0.1) is 6.92 Å². The fourth-order valence-electron chi connectivity index (χ4n) is 4.04. The van der Waals surface area contributed by atoms with Gasteiger partial charge in [0.1, 0.15) is 11.4 Å². The highest BCUT2D eigenvalue weighted by Crippen LogP contribution is 2.28. The lowest BCUT2D eigenvalue weighted by Crippen LogP contribution is -2.50. The molecule has 0 aliphatic carbocycles. The van der Waals surface area contributed by atoms with E-state index in [1.807, 2.05) is 0 Å². The van der Waals surface area contributed by atoms with Crippen LogP contribution in [0.15, 0.2) is 57.7 Å². The molecule has 0 radical (unpaired) electrons. The number of aryl methyl sites for hydroxylation is 1. The highest BCUT2D eigenvalue weighted by molar-refractivity contribution is 6.07. The van der Waals surface area contributed by atoms with Crippen LogP contribution in [0.4, 0.5) is 0 Å². The van der Waals surface area contributed by atoms with E-state index in [9.17, 15) is 9.59 Å². The first-order valence-corrected chi connectivity index (χ1v) is 10.6. The standard InChI is InChI=1S/C24H22N4O5/c1-15-21-18(14-19(20-7-4-12-32-20)25-22(21)33-26-15)24(30)28-10-8-27(9-11-28)23(29)16-5-3-6-17(13-16)31-2/h3-7,12-14H,8-11H2,1-2H3. The number of methoxy groups -OCH3 is 1. The van der Waals surface area contributed by atoms with Gasteiger partial charge in [0, 0.05) is 31.7 Å². The van der Waals surface area contributed by atoms with Crippen molar-refractivity contribution in [2.24, 2.45) is 0 Å². The predicted octanol–water partition coefficient (Wildman–Crippen LogP) is 3.40. The minimum absolute atomic E-state index is 0.0812. The summed E-state index contributed by atoms with van der Waals surface area (Å²) in [4.78, 5) is 34.3. The van der Waals surface area contributed by atoms with E-state index >= 15 is 0 Å². The minimum atomic E-state index is -0.157. The summed E-state index contributed by atoms with van der Waals surface area (Å²) in [5.41, 5.74) is 2.40. The number of carbonyl (C=O) groups excluding carboxylic acids is 2. The fourth-order valence-corrected chi connectivity index (χ4v) is 4.04. The van der Waals surface area contributed by atoms with Crippen LogP contribution < -0.4 is 4.74 Å². The Kier molecular flexibility index (Phi) is 5.29. The number of pyridine rings is 1. The van der Waals surface area contributed by atoms with Crippen molar-refractivity contribution in [3.05, 3.63) is 65.5 Å². The van der Waals surface area contributed by atoms with Crippen LogP contribution in [-0.4, -0.2) is 65.0 Å². The Labute approximate surface area is 189 Å². The van der Waals surface area contributed by atoms with E-state index in [4.69, 9.17) is 13.7 Å². The molecule has 0 atom stereocenters. The Bertz CT molecular complexity index is 1320. The lowest BCUT2D eigenvalue weighted by atomic mass is 10.1. The molecule has 1 saturated heterocycles. The van der Waals surface area contributed by atoms with Crippen LogP contribution in [0.3, 0.4) is 0 Å². The Morgan fingerprint density at radius 1 is 1.00 bits per heavy atom. The van der Waals surface area contributed by atoms with Crippen LogP contribution in [0.2, 0.25) is 0 Å². The topological polar surface area (TPSA) is 102 Å². The lowest BCUT2D eigenvalue weighted by molar-refractivity contribution is 0.0536. The van der Waals surface area contributed by atoms with Crippen molar-refractivity contribution in [2.75, 3.05) is 33.3 Å². The summed E-state index contributed by atoms with van der Waals surface area (Å²) in [7, 11) is 1.57. The molecule has 9 nitrogen and oxygen atoms in total. The molecule has 9 heteroatoms. The largest absolute Gasteiger partial charge is 0.497 e. The third-order valence-corrected chi connectivity index (χ3v) is 5.79. The molecule has 33 heavy (non-hydrogen) atoms. The number of furan rings is 1. The van der Waals surface area contributed by atoms with Gasteiger partial charge in [0.2, 0.25) is 0 Å². The molecule has 3 aromatic heterocycles. The zero-order valence-corrected chi connectivity index (χ0v) is 18.3. The first-order chi connectivity index (χ1) is 16.0. The van der Waals surface area contributed by atoms with Gasteiger partial charge in [-0.3, -0.25) is 9.59 Å². The zero-order chi connectivity index (χ0) is 22.9. The number of hydrogen-bond donors (Lipinski definition) is 0. The number of benzene rings is 1. The SMILES string of the molecule is COc1cccc(C(=O)N2CCN(C(=O)c3cc(-c4ccco4)nc4onc(C)c34)CC2)c1. The van der Waals surface area contributed by atoms with Crippen molar-refractivity contribution < 1.29 is 23.3 Å². The average molecular weight is 446 g/mol. The van der Waals surface area contributed by atoms with Gasteiger partial charge in [0.05, 0.1) is 30.0 Å². The van der Waals surface area contributed by atoms with Crippen molar-refractivity contribution in [3.63, 3.8) is 0 Å². The molecule has 4 aromatic rings. The Hall–Kier alpha value is -4.14. The summed E-state index contributed by atoms with van der Waals surface area (Å²) >= 11 is 0. The van der Waals surface area contributed by atoms with Crippen molar-refractivity contribution in [1.82, 2.24) is 19.9 Å². The summed E-state index contributed by atoms with van der Waals surface area (Å²) in [6.45, 7) is 3.48. The molecule has 1 aliphatic heterocycles. The molecule has 2 amide bonds. The quantitative estimate of drug-likeness (QED) is 0.473. The normalized spacial score (nSPS) is 14.0. The second kappa shape index (κ2) is 8.42. The summed E-state index contributed by atoms with van der Waals surface area (Å²) in [5, 5.41) is 4.58. The van der Waals surface area contributed by atoms with Crippen LogP contribution in [-0.2, 0) is 0 Å². The number of nitrogens with zero attached hydrogens (tertiary/aromatic N) is 4. The first kappa shape index (κ1) is 20.7. The molecule has 4 heterocycles. The van der Waals surface area contributed by atoms with Crippen molar-refractivity contribution >= 4 is 22.9 Å². The molecule has 0 N–H and O–H groups in total. The van der Waals surface area contributed by atoms with Gasteiger partial charge in [-0.05, 0) is 43.3 Å². The van der Waals surface area contributed by atoms with E-state index in [1.165, 1.54) is 0 Å². The number of aromatic nitrogens is 2. The number of carbonyl (C=O) groups is 2. The van der Waals surface area contributed by atoms with Crippen molar-refractivity contribution in [2.45, 2.75) is 6.92 Å². The monoisotopic (exact) mass is 446 g/mol. The van der Waals surface area contributed by atoms with E-state index in [2.05, 4.69) is 10.1 Å². The van der Waals surface area contributed by atoms with Gasteiger partial charge in [-0.25, -0.2) is 4.98 Å². The number of amides is 2. The van der Waals surface area contributed by atoms with Gasteiger partial charge in [-0.1, -0.05) is 11.2 Å². The summed E-state index contributed by atoms with van der Waals surface area (Å²) in [6.07, 6.45) is 1.55. The van der Waals surface area contributed by atoms with Gasteiger partial charge in [-0.15, -0.1) is 0 Å². The molecule has 0 saturated carbocycles. The third-order valence-electron chi connectivity index (χ3n) is 5.79. The van der Waals surface area contributed by atoms with Crippen LogP contribution in [0.25, 0.3) is 22.6 Å². The maximum atomic E-state index is 13.5. The lowest BCUT2D eigenvalue weighted by Gasteiger charge is -2.35. The molecule has 5 rings (SSSR count). The molecule has 168 valence electrons. The molecule has 0 spiro atoms. The maximum absolute atomic E-state index is 13.5. The molecule has 1 fully saturated rings. The summed E-state index contributed by atoms with van der Waals surface area (Å²) in [5.74, 6) is 0.929. The Balaban J connectivity index is 1.37. The molecule has 1 aromatic carbocycles. The zero-order valence-electron chi connectivity index (χ0n) is 18.3. The van der Waals surface area contributed by atoms with E-state index in [0.717, 1.165) is 0 Å². The third kappa shape index (κ3) is 3.82. The van der Waals surface area contributed by atoms with Gasteiger partial charge in [0.25, 0.3) is 17.5 Å². The second-order valence-electron chi connectivity index (χ2n) is 7.80. The Morgan fingerprint density at radius 2 is 1.76 bits per heavy atom. The van der Waals surface area contributed by atoms with Crippen LogP contribution in [0.5, 0.6) is 5.75 Å². The number of hydrogen-bond acceptors (Lipinski definition) is 7. The van der Waals surface area contributed by atoms with Gasteiger partial charge < -0.3 is 23.5 Å². The van der Waals surface area contributed by atoms with E-state index in [1.54, 1.807) is 72.6 Å². The number of fused-ring (bicyclic) bond motifs is 1. The van der Waals surface area contributed by atoms with Gasteiger partial charge >= 0.3 is 0 Å². The molecule has 1 aliphatic rings. The van der Waals surface area contributed by atoms with Gasteiger partial charge in [-0.2, -0.15) is 0 Å². The average Bonchev–Trinajstić information content (AvgIpc) is 3.53. The fraction of sp³-hybridized carbons (Fsp3) is 0.250.